The average molecular weight is 534 g/mol. The molecule has 0 aliphatic carbocycles. The number of carbonyl (C=O) groups excluding carboxylic acids is 1. The van der Waals surface area contributed by atoms with E-state index in [4.69, 9.17) is 20.6 Å². The molecule has 5 N–H and O–H groups in total. The van der Waals surface area contributed by atoms with Gasteiger partial charge in [0.2, 0.25) is 5.91 Å². The number of methoxy groups -OCH3 is 2. The van der Waals surface area contributed by atoms with Crippen LogP contribution in [0.5, 0.6) is 11.5 Å². The van der Waals surface area contributed by atoms with Gasteiger partial charge in [-0.2, -0.15) is 0 Å². The quantitative estimate of drug-likeness (QED) is 0.237. The Morgan fingerprint density at radius 3 is 2.12 bits per heavy atom. The van der Waals surface area contributed by atoms with Gasteiger partial charge in [0, 0.05) is 17.8 Å². The molecule has 0 aliphatic heterocycles. The van der Waals surface area contributed by atoms with Crippen LogP contribution in [-0.4, -0.2) is 26.0 Å². The fraction of sp³-hybridized carbons (Fsp3) is 0.167. The molecule has 0 bridgehead atoms. The first-order valence-corrected chi connectivity index (χ1v) is 10.7. The first-order chi connectivity index (χ1) is 15.4. The highest BCUT2D eigenvalue weighted by atomic mass is 79.9. The largest absolute Gasteiger partial charge is 0.495 e. The van der Waals surface area contributed by atoms with Crippen molar-refractivity contribution >= 4 is 45.8 Å². The van der Waals surface area contributed by atoms with Crippen molar-refractivity contribution in [2.45, 2.75) is 12.6 Å². The van der Waals surface area contributed by atoms with Gasteiger partial charge < -0.3 is 25.8 Å². The number of amidine groups is 1. The summed E-state index contributed by atoms with van der Waals surface area (Å²) in [6, 6.07) is 19.6. The molecule has 0 aromatic heterocycles. The van der Waals surface area contributed by atoms with Crippen LogP contribution in [0.1, 0.15) is 22.7 Å². The van der Waals surface area contributed by atoms with Crippen molar-refractivity contribution in [1.29, 1.82) is 5.41 Å². The van der Waals surface area contributed by atoms with E-state index in [1.165, 1.54) is 0 Å². The van der Waals surface area contributed by atoms with Gasteiger partial charge in [0.05, 0.1) is 14.2 Å². The summed E-state index contributed by atoms with van der Waals surface area (Å²) < 4.78 is 11.6. The number of benzene rings is 3. The fourth-order valence-electron chi connectivity index (χ4n) is 3.16. The van der Waals surface area contributed by atoms with E-state index in [1.807, 2.05) is 30.3 Å². The molecule has 0 spiro atoms. The van der Waals surface area contributed by atoms with Crippen LogP contribution in [0.4, 0.5) is 5.69 Å². The maximum Gasteiger partial charge on any atom is 0.247 e. The van der Waals surface area contributed by atoms with Gasteiger partial charge >= 0.3 is 0 Å². The molecule has 0 aliphatic rings. The Morgan fingerprint density at radius 1 is 1.03 bits per heavy atom. The van der Waals surface area contributed by atoms with Crippen molar-refractivity contribution in [1.82, 2.24) is 5.32 Å². The number of nitrogen functional groups attached to an aromatic ring is 1. The zero-order valence-electron chi connectivity index (χ0n) is 18.2. The van der Waals surface area contributed by atoms with E-state index in [9.17, 15) is 4.79 Å². The van der Waals surface area contributed by atoms with Crippen LogP contribution in [0.15, 0.2) is 71.2 Å². The minimum Gasteiger partial charge on any atom is -0.495 e. The number of amides is 1. The second-order valence-corrected chi connectivity index (χ2v) is 7.80. The topological polar surface area (TPSA) is 109 Å². The molecule has 0 saturated heterocycles. The normalized spacial score (nSPS) is 11.0. The summed E-state index contributed by atoms with van der Waals surface area (Å²) in [6.07, 6.45) is 0. The van der Waals surface area contributed by atoms with Gasteiger partial charge in [-0.25, -0.2) is 0 Å². The second kappa shape index (κ2) is 12.1. The summed E-state index contributed by atoms with van der Waals surface area (Å²) in [5, 5.41) is 13.8. The molecule has 3 aromatic carbocycles. The Morgan fingerprint density at radius 2 is 1.61 bits per heavy atom. The number of nitrogens with two attached hydrogens (primary N) is 1. The molecule has 1 amide bonds. The number of hydrogen-bond donors (Lipinski definition) is 4. The Hall–Kier alpha value is -3.23. The zero-order valence-corrected chi connectivity index (χ0v) is 20.6. The maximum absolute atomic E-state index is 13.3. The number of nitrogens with one attached hydrogen (secondary N) is 3. The molecule has 3 aromatic rings. The van der Waals surface area contributed by atoms with E-state index in [0.29, 0.717) is 39.3 Å². The molecule has 7 nitrogen and oxygen atoms in total. The molecule has 174 valence electrons. The van der Waals surface area contributed by atoms with Gasteiger partial charge in [0.15, 0.2) is 0 Å². The van der Waals surface area contributed by atoms with Gasteiger partial charge in [-0.1, -0.05) is 30.3 Å². The van der Waals surface area contributed by atoms with E-state index in [0.717, 1.165) is 5.56 Å². The first-order valence-electron chi connectivity index (χ1n) is 9.87. The molecular weight excluding hydrogens is 508 g/mol. The van der Waals surface area contributed by atoms with Gasteiger partial charge in [0.1, 0.15) is 27.8 Å². The summed E-state index contributed by atoms with van der Waals surface area (Å²) >= 11 is 3.47. The lowest BCUT2D eigenvalue weighted by molar-refractivity contribution is -0.122. The Labute approximate surface area is 207 Å². The van der Waals surface area contributed by atoms with Gasteiger partial charge in [0.25, 0.3) is 0 Å². The van der Waals surface area contributed by atoms with Crippen molar-refractivity contribution in [3.05, 3.63) is 87.9 Å². The first kappa shape index (κ1) is 26.0. The summed E-state index contributed by atoms with van der Waals surface area (Å²) in [6.45, 7) is 0.395. The molecule has 3 rings (SSSR count). The van der Waals surface area contributed by atoms with Gasteiger partial charge in [-0.05, 0) is 63.5 Å². The average Bonchev–Trinajstić information content (AvgIpc) is 2.82. The molecule has 0 saturated carbocycles. The van der Waals surface area contributed by atoms with Gasteiger partial charge in [-0.3, -0.25) is 10.2 Å². The van der Waals surface area contributed by atoms with Crippen molar-refractivity contribution in [2.75, 3.05) is 19.5 Å². The van der Waals surface area contributed by atoms with Crippen LogP contribution in [0.3, 0.4) is 0 Å². The lowest BCUT2D eigenvalue weighted by Gasteiger charge is -2.22. The minimum atomic E-state index is -0.724. The molecule has 1 atom stereocenters. The molecule has 0 radical (unpaired) electrons. The van der Waals surface area contributed by atoms with E-state index < -0.39 is 6.04 Å². The van der Waals surface area contributed by atoms with Crippen LogP contribution in [0, 0.1) is 5.41 Å². The molecule has 9 heteroatoms. The number of hydrogen-bond acceptors (Lipinski definition) is 5. The molecule has 0 unspecified atom stereocenters. The van der Waals surface area contributed by atoms with Crippen molar-refractivity contribution < 1.29 is 14.3 Å². The summed E-state index contributed by atoms with van der Waals surface area (Å²) in [7, 11) is 3.11. The van der Waals surface area contributed by atoms with Crippen LogP contribution in [0.2, 0.25) is 0 Å². The van der Waals surface area contributed by atoms with E-state index in [1.54, 1.807) is 50.6 Å². The van der Waals surface area contributed by atoms with Crippen molar-refractivity contribution in [2.24, 2.45) is 5.73 Å². The van der Waals surface area contributed by atoms with E-state index >= 15 is 0 Å². The van der Waals surface area contributed by atoms with Crippen molar-refractivity contribution in [3.8, 4) is 11.5 Å². The lowest BCUT2D eigenvalue weighted by atomic mass is 10.0. The second-order valence-electron chi connectivity index (χ2n) is 7.01. The third-order valence-corrected chi connectivity index (χ3v) is 5.66. The fourth-order valence-corrected chi connectivity index (χ4v) is 3.71. The number of anilines is 1. The predicted octanol–water partition coefficient (Wildman–Crippen LogP) is 4.64. The minimum absolute atomic E-state index is 0. The Kier molecular flexibility index (Phi) is 9.57. The van der Waals surface area contributed by atoms with Gasteiger partial charge in [-0.15, -0.1) is 12.4 Å². The predicted molar refractivity (Wildman–Crippen MR) is 137 cm³/mol. The summed E-state index contributed by atoms with van der Waals surface area (Å²) in [5.74, 6) is 0.870. The summed E-state index contributed by atoms with van der Waals surface area (Å²) in [4.78, 5) is 13.3. The summed E-state index contributed by atoms with van der Waals surface area (Å²) in [5.41, 5.74) is 8.52. The number of halogens is 2. The van der Waals surface area contributed by atoms with Crippen LogP contribution in [0.25, 0.3) is 0 Å². The zero-order chi connectivity index (χ0) is 23.1. The Bertz CT molecular complexity index is 1070. The highest BCUT2D eigenvalue weighted by Gasteiger charge is 2.24. The maximum atomic E-state index is 13.3. The highest BCUT2D eigenvalue weighted by molar-refractivity contribution is 9.10. The monoisotopic (exact) mass is 532 g/mol. The molecule has 0 fully saturated rings. The SMILES string of the molecule is COc1cc([C@@H](Nc2ccc(C(=N)N)cc2)C(=O)NCc2ccccc2)cc(OC)c1Br.Cl. The number of carbonyl (C=O) groups is 1. The third-order valence-electron chi connectivity index (χ3n) is 4.88. The molecule has 0 heterocycles. The molecule has 33 heavy (non-hydrogen) atoms. The Balaban J connectivity index is 0.00000385. The van der Waals surface area contributed by atoms with Crippen molar-refractivity contribution in [3.63, 3.8) is 0 Å². The van der Waals surface area contributed by atoms with E-state index in [-0.39, 0.29) is 24.1 Å². The number of ether oxygens (including phenoxy) is 2. The smallest absolute Gasteiger partial charge is 0.247 e. The van der Waals surface area contributed by atoms with Crippen LogP contribution in [-0.2, 0) is 11.3 Å². The lowest BCUT2D eigenvalue weighted by Crippen LogP contribution is -2.33. The van der Waals surface area contributed by atoms with E-state index in [2.05, 4.69) is 26.6 Å². The third kappa shape index (κ3) is 6.63. The van der Waals surface area contributed by atoms with Crippen LogP contribution < -0.4 is 25.8 Å². The number of rotatable bonds is 9. The molecular formula is C24H26BrClN4O3. The standard InChI is InChI=1S/C24H25BrN4O3.ClH/c1-31-19-12-17(13-20(32-2)21(19)25)22(24(30)28-14-15-6-4-3-5-7-15)29-18-10-8-16(9-11-18)23(26)27;/h3-13,22,29H,14H2,1-2H3,(H3,26,27)(H,28,30);1H/t22-;/m1./s1. The van der Waals surface area contributed by atoms with Crippen LogP contribution >= 0.6 is 28.3 Å². The highest BCUT2D eigenvalue weighted by Crippen LogP contribution is 2.38.